The molecule has 18 heavy (non-hydrogen) atoms. The van der Waals surface area contributed by atoms with Gasteiger partial charge in [0, 0.05) is 0 Å². The van der Waals surface area contributed by atoms with Crippen molar-refractivity contribution in [1.29, 1.82) is 0 Å². The fourth-order valence-corrected chi connectivity index (χ4v) is 1.72. The van der Waals surface area contributed by atoms with Crippen LogP contribution in [0, 0.1) is 0 Å². The molecule has 0 bridgehead atoms. The topological polar surface area (TPSA) is 82.0 Å². The molecule has 1 aromatic heterocycles. The lowest BCUT2D eigenvalue weighted by atomic mass is 9.84. The summed E-state index contributed by atoms with van der Waals surface area (Å²) < 4.78 is 26.7. The van der Waals surface area contributed by atoms with E-state index < -0.39 is 18.1 Å². The van der Waals surface area contributed by atoms with Crippen molar-refractivity contribution in [1.82, 2.24) is 15.4 Å². The summed E-state index contributed by atoms with van der Waals surface area (Å²) in [5.74, 6) is -3.51. The summed E-state index contributed by atoms with van der Waals surface area (Å²) in [6.07, 6.45) is 1.02. The molecule has 1 heterocycles. The first-order valence-corrected chi connectivity index (χ1v) is 5.14. The molecule has 2 rings (SSSR count). The van der Waals surface area contributed by atoms with Crippen molar-refractivity contribution in [2.75, 3.05) is 6.67 Å². The summed E-state index contributed by atoms with van der Waals surface area (Å²) in [7, 11) is 0. The Hall–Kier alpha value is -1.86. The number of aromatic nitrogens is 3. The summed E-state index contributed by atoms with van der Waals surface area (Å²) in [5.41, 5.74) is -2.96. The van der Waals surface area contributed by atoms with Gasteiger partial charge in [-0.1, -0.05) is 30.3 Å². The number of benzene rings is 1. The molecule has 0 radical (unpaired) electrons. The molecule has 2 atom stereocenters. The third kappa shape index (κ3) is 1.77. The lowest BCUT2D eigenvalue weighted by Crippen LogP contribution is -2.51. The van der Waals surface area contributed by atoms with E-state index in [2.05, 4.69) is 15.4 Å². The maximum absolute atomic E-state index is 14.0. The van der Waals surface area contributed by atoms with Crippen LogP contribution in [0.1, 0.15) is 11.3 Å². The van der Waals surface area contributed by atoms with Gasteiger partial charge in [-0.3, -0.25) is 0 Å². The molecule has 2 aromatic rings. The van der Waals surface area contributed by atoms with Gasteiger partial charge < -0.3 is 10.2 Å². The van der Waals surface area contributed by atoms with Gasteiger partial charge in [0.2, 0.25) is 0 Å². The van der Waals surface area contributed by atoms with Crippen LogP contribution >= 0.6 is 0 Å². The average molecular weight is 255 g/mol. The lowest BCUT2D eigenvalue weighted by molar-refractivity contribution is -0.225. The Morgan fingerprint density at radius 2 is 1.89 bits per heavy atom. The first-order valence-electron chi connectivity index (χ1n) is 5.14. The molecule has 0 saturated heterocycles. The minimum atomic E-state index is -3.51. The normalized spacial score (nSPS) is 18.0. The maximum Gasteiger partial charge on any atom is 0.274 e. The minimum Gasteiger partial charge on any atom is -0.373 e. The van der Waals surface area contributed by atoms with E-state index in [4.69, 9.17) is 0 Å². The molecular weight excluding hydrogens is 244 g/mol. The van der Waals surface area contributed by atoms with Crippen LogP contribution in [0.25, 0.3) is 0 Å². The van der Waals surface area contributed by atoms with Gasteiger partial charge in [-0.25, -0.2) is 8.78 Å². The van der Waals surface area contributed by atoms with Gasteiger partial charge in [-0.05, 0) is 5.56 Å². The zero-order valence-corrected chi connectivity index (χ0v) is 9.22. The Morgan fingerprint density at radius 3 is 2.39 bits per heavy atom. The van der Waals surface area contributed by atoms with E-state index in [1.165, 1.54) is 24.3 Å². The molecular formula is C11H11F2N3O2. The molecule has 7 heteroatoms. The Kier molecular flexibility index (Phi) is 3.10. The predicted octanol–water partition coefficient (Wildman–Crippen LogP) is 0.668. The molecule has 0 aliphatic heterocycles. The quantitative estimate of drug-likeness (QED) is 0.750. The highest BCUT2D eigenvalue weighted by Gasteiger charge is 2.55. The SMILES string of the molecule is OC(F)(CF)C(O)(c1ccccc1)c1cn[nH]n1. The first kappa shape index (κ1) is 12.6. The highest BCUT2D eigenvalue weighted by atomic mass is 19.2. The van der Waals surface area contributed by atoms with Crippen LogP contribution in [0.4, 0.5) is 8.78 Å². The highest BCUT2D eigenvalue weighted by molar-refractivity contribution is 5.33. The molecule has 0 fully saturated rings. The standard InChI is InChI=1S/C11H11F2N3O2/c12-7-10(13,17)11(18,9-6-14-16-15-9)8-4-2-1-3-5-8/h1-6,17-18H,7H2,(H,14,15,16). The number of aliphatic hydroxyl groups is 2. The predicted molar refractivity (Wildman–Crippen MR) is 57.9 cm³/mol. The van der Waals surface area contributed by atoms with Gasteiger partial charge in [0.15, 0.2) is 12.3 Å². The van der Waals surface area contributed by atoms with Gasteiger partial charge in [0.1, 0.15) is 5.69 Å². The van der Waals surface area contributed by atoms with E-state index in [1.807, 2.05) is 0 Å². The number of rotatable bonds is 4. The largest absolute Gasteiger partial charge is 0.373 e. The lowest BCUT2D eigenvalue weighted by Gasteiger charge is -2.34. The summed E-state index contributed by atoms with van der Waals surface area (Å²) in [5, 5.41) is 29.0. The molecule has 0 saturated carbocycles. The number of halogens is 2. The molecule has 0 aliphatic carbocycles. The van der Waals surface area contributed by atoms with Crippen LogP contribution in [0.15, 0.2) is 36.5 Å². The molecule has 0 aliphatic rings. The van der Waals surface area contributed by atoms with Crippen molar-refractivity contribution in [3.05, 3.63) is 47.8 Å². The number of alkyl halides is 2. The van der Waals surface area contributed by atoms with Crippen molar-refractivity contribution in [3.63, 3.8) is 0 Å². The third-order valence-corrected chi connectivity index (χ3v) is 2.71. The van der Waals surface area contributed by atoms with E-state index >= 15 is 0 Å². The van der Waals surface area contributed by atoms with E-state index in [1.54, 1.807) is 6.07 Å². The first-order chi connectivity index (χ1) is 8.52. The molecule has 2 unspecified atom stereocenters. The second-order valence-electron chi connectivity index (χ2n) is 3.82. The van der Waals surface area contributed by atoms with Gasteiger partial charge in [0.25, 0.3) is 5.85 Å². The number of nitrogens with zero attached hydrogens (tertiary/aromatic N) is 2. The van der Waals surface area contributed by atoms with Gasteiger partial charge >= 0.3 is 0 Å². The fourth-order valence-electron chi connectivity index (χ4n) is 1.72. The molecule has 5 nitrogen and oxygen atoms in total. The number of nitrogens with one attached hydrogen (secondary N) is 1. The van der Waals surface area contributed by atoms with Crippen LogP contribution in [-0.2, 0) is 5.60 Å². The van der Waals surface area contributed by atoms with Crippen molar-refractivity contribution in [2.24, 2.45) is 0 Å². The monoisotopic (exact) mass is 255 g/mol. The minimum absolute atomic E-state index is 0.0263. The van der Waals surface area contributed by atoms with Crippen molar-refractivity contribution in [3.8, 4) is 0 Å². The molecule has 1 aromatic carbocycles. The van der Waals surface area contributed by atoms with Crippen LogP contribution in [0.2, 0.25) is 0 Å². The Labute approximate surface area is 101 Å². The third-order valence-electron chi connectivity index (χ3n) is 2.71. The maximum atomic E-state index is 14.0. The zero-order valence-electron chi connectivity index (χ0n) is 9.22. The van der Waals surface area contributed by atoms with E-state index in [0.717, 1.165) is 6.20 Å². The fraction of sp³-hybridized carbons (Fsp3) is 0.273. The number of H-pyrrole nitrogens is 1. The van der Waals surface area contributed by atoms with E-state index in [0.29, 0.717) is 0 Å². The summed E-state index contributed by atoms with van der Waals surface area (Å²) in [6, 6.07) is 7.40. The summed E-state index contributed by atoms with van der Waals surface area (Å²) in [6.45, 7) is -1.79. The highest BCUT2D eigenvalue weighted by Crippen LogP contribution is 2.39. The van der Waals surface area contributed by atoms with Crippen LogP contribution in [-0.4, -0.2) is 38.2 Å². The number of hydrogen-bond acceptors (Lipinski definition) is 4. The van der Waals surface area contributed by atoms with E-state index in [-0.39, 0.29) is 11.3 Å². The van der Waals surface area contributed by atoms with Gasteiger partial charge in [-0.15, -0.1) is 0 Å². The second kappa shape index (κ2) is 4.43. The summed E-state index contributed by atoms with van der Waals surface area (Å²) in [4.78, 5) is 0. The number of hydrogen-bond donors (Lipinski definition) is 3. The summed E-state index contributed by atoms with van der Waals surface area (Å²) >= 11 is 0. The Morgan fingerprint density at radius 1 is 1.22 bits per heavy atom. The van der Waals surface area contributed by atoms with Crippen molar-refractivity contribution in [2.45, 2.75) is 11.5 Å². The van der Waals surface area contributed by atoms with Gasteiger partial charge in [-0.2, -0.15) is 15.4 Å². The molecule has 0 spiro atoms. The van der Waals surface area contributed by atoms with Crippen LogP contribution in [0.3, 0.4) is 0 Å². The molecule has 3 N–H and O–H groups in total. The van der Waals surface area contributed by atoms with Crippen molar-refractivity contribution >= 4 is 0 Å². The zero-order chi connectivity index (χ0) is 13.2. The average Bonchev–Trinajstić information content (AvgIpc) is 2.93. The second-order valence-corrected chi connectivity index (χ2v) is 3.82. The van der Waals surface area contributed by atoms with Crippen LogP contribution in [0.5, 0.6) is 0 Å². The smallest absolute Gasteiger partial charge is 0.274 e. The molecule has 96 valence electrons. The van der Waals surface area contributed by atoms with Crippen molar-refractivity contribution < 1.29 is 19.0 Å². The number of aromatic amines is 1. The Balaban J connectivity index is 2.62. The molecule has 0 amide bonds. The Bertz CT molecular complexity index is 504. The van der Waals surface area contributed by atoms with E-state index in [9.17, 15) is 19.0 Å². The van der Waals surface area contributed by atoms with Gasteiger partial charge in [0.05, 0.1) is 6.20 Å². The van der Waals surface area contributed by atoms with Crippen LogP contribution < -0.4 is 0 Å².